The topological polar surface area (TPSA) is 89.5 Å². The highest BCUT2D eigenvalue weighted by Gasteiger charge is 2.20. The molecule has 0 aliphatic heterocycles. The molecule has 0 spiro atoms. The number of nitro benzene ring substituents is 1. The van der Waals surface area contributed by atoms with E-state index in [2.05, 4.69) is 10.3 Å². The fraction of sp³-hybridized carbons (Fsp3) is 0.0909. The van der Waals surface area contributed by atoms with Crippen molar-refractivity contribution in [2.45, 2.75) is 13.8 Å². The lowest BCUT2D eigenvalue weighted by atomic mass is 10.1. The number of nitro groups is 1. The van der Waals surface area contributed by atoms with Gasteiger partial charge in [-0.3, -0.25) is 14.9 Å². The van der Waals surface area contributed by atoms with Gasteiger partial charge in [-0.2, -0.15) is 0 Å². The van der Waals surface area contributed by atoms with Crippen LogP contribution < -0.4 is 5.32 Å². The lowest BCUT2D eigenvalue weighted by Crippen LogP contribution is -2.14. The van der Waals surface area contributed by atoms with Gasteiger partial charge in [0.05, 0.1) is 10.6 Å². The van der Waals surface area contributed by atoms with E-state index in [0.29, 0.717) is 5.69 Å². The van der Waals surface area contributed by atoms with Crippen molar-refractivity contribution in [1.29, 1.82) is 0 Å². The van der Waals surface area contributed by atoms with Gasteiger partial charge < -0.3 is 9.72 Å². The molecule has 4 aromatic rings. The molecule has 0 unspecified atom stereocenters. The van der Waals surface area contributed by atoms with Crippen LogP contribution in [0, 0.1) is 24.0 Å². The van der Waals surface area contributed by atoms with Crippen LogP contribution in [-0.4, -0.2) is 20.2 Å². The van der Waals surface area contributed by atoms with Crippen LogP contribution in [0.15, 0.2) is 67.0 Å². The van der Waals surface area contributed by atoms with Gasteiger partial charge in [-0.25, -0.2) is 4.98 Å². The number of carbonyl (C=O) groups is 1. The van der Waals surface area contributed by atoms with E-state index in [1.807, 2.05) is 61.0 Å². The molecule has 0 saturated heterocycles. The first-order valence-corrected chi connectivity index (χ1v) is 9.03. The molecule has 0 bridgehead atoms. The van der Waals surface area contributed by atoms with E-state index in [1.165, 1.54) is 18.2 Å². The molecule has 7 heteroatoms. The smallest absolute Gasteiger partial charge is 0.282 e. The number of fused-ring (bicyclic) bond motifs is 1. The first-order chi connectivity index (χ1) is 13.9. The maximum absolute atomic E-state index is 12.7. The highest BCUT2D eigenvalue weighted by Crippen LogP contribution is 2.27. The van der Waals surface area contributed by atoms with Crippen LogP contribution in [0.1, 0.15) is 21.5 Å². The molecule has 0 radical (unpaired) electrons. The second-order valence-corrected chi connectivity index (χ2v) is 6.85. The van der Waals surface area contributed by atoms with Crippen LogP contribution in [0.25, 0.3) is 16.9 Å². The number of imidazole rings is 1. The predicted octanol–water partition coefficient (Wildman–Crippen LogP) is 4.78. The number of para-hydroxylation sites is 1. The van der Waals surface area contributed by atoms with Gasteiger partial charge in [-0.05, 0) is 49.2 Å². The van der Waals surface area contributed by atoms with Crippen LogP contribution in [0.3, 0.4) is 0 Å². The Morgan fingerprint density at radius 1 is 1.10 bits per heavy atom. The molecular weight excluding hydrogens is 368 g/mol. The van der Waals surface area contributed by atoms with Crippen molar-refractivity contribution in [3.05, 3.63) is 93.8 Å². The number of pyridine rings is 1. The van der Waals surface area contributed by atoms with Crippen molar-refractivity contribution >= 4 is 22.9 Å². The summed E-state index contributed by atoms with van der Waals surface area (Å²) in [6.45, 7) is 3.88. The molecule has 0 atom stereocenters. The molecule has 1 amide bonds. The van der Waals surface area contributed by atoms with Gasteiger partial charge in [0.25, 0.3) is 11.6 Å². The van der Waals surface area contributed by atoms with E-state index >= 15 is 0 Å². The summed E-state index contributed by atoms with van der Waals surface area (Å²) in [6, 6.07) is 15.5. The lowest BCUT2D eigenvalue weighted by Gasteiger charge is -2.10. The molecule has 1 N–H and O–H groups in total. The zero-order valence-corrected chi connectivity index (χ0v) is 15.9. The van der Waals surface area contributed by atoms with Gasteiger partial charge in [-0.1, -0.05) is 24.3 Å². The average molecular weight is 386 g/mol. The molecule has 2 heterocycles. The number of nitrogens with one attached hydrogen (secondary N) is 1. The molecule has 2 aromatic carbocycles. The average Bonchev–Trinajstić information content (AvgIpc) is 3.12. The summed E-state index contributed by atoms with van der Waals surface area (Å²) in [7, 11) is 0. The Morgan fingerprint density at radius 3 is 2.69 bits per heavy atom. The number of aryl methyl sites for hydroxylation is 2. The van der Waals surface area contributed by atoms with Crippen LogP contribution >= 0.6 is 0 Å². The minimum Gasteiger partial charge on any atom is -0.322 e. The molecule has 0 fully saturated rings. The highest BCUT2D eigenvalue weighted by molar-refractivity contribution is 6.07. The standard InChI is InChI=1S/C22H18N4O3/c1-14-9-10-25-13-19(23-21(25)11-14)16-8-7-15(2)18(12-16)24-22(27)17-5-3-4-6-20(17)26(28)29/h3-13H,1-2H3,(H,24,27). The minimum absolute atomic E-state index is 0.0190. The first kappa shape index (κ1) is 18.4. The number of hydrogen-bond acceptors (Lipinski definition) is 4. The second kappa shape index (κ2) is 7.20. The summed E-state index contributed by atoms with van der Waals surface area (Å²) in [6.07, 6.45) is 3.87. The fourth-order valence-corrected chi connectivity index (χ4v) is 3.15. The number of rotatable bonds is 4. The van der Waals surface area contributed by atoms with E-state index in [0.717, 1.165) is 28.0 Å². The molecule has 144 valence electrons. The molecule has 2 aromatic heterocycles. The normalized spacial score (nSPS) is 10.8. The van der Waals surface area contributed by atoms with Gasteiger partial charge in [-0.15, -0.1) is 0 Å². The van der Waals surface area contributed by atoms with Crippen molar-refractivity contribution in [2.24, 2.45) is 0 Å². The number of aromatic nitrogens is 2. The number of anilines is 1. The van der Waals surface area contributed by atoms with E-state index in [-0.39, 0.29) is 11.3 Å². The zero-order valence-electron chi connectivity index (χ0n) is 15.9. The predicted molar refractivity (Wildman–Crippen MR) is 111 cm³/mol. The molecule has 4 rings (SSSR count). The van der Waals surface area contributed by atoms with Crippen LogP contribution in [0.4, 0.5) is 11.4 Å². The second-order valence-electron chi connectivity index (χ2n) is 6.85. The van der Waals surface area contributed by atoms with Crippen LogP contribution in [0.2, 0.25) is 0 Å². The zero-order chi connectivity index (χ0) is 20.5. The van der Waals surface area contributed by atoms with Crippen molar-refractivity contribution < 1.29 is 9.72 Å². The number of nitrogens with zero attached hydrogens (tertiary/aromatic N) is 3. The third-order valence-corrected chi connectivity index (χ3v) is 4.74. The Labute approximate surface area is 166 Å². The summed E-state index contributed by atoms with van der Waals surface area (Å²) < 4.78 is 1.94. The van der Waals surface area contributed by atoms with Gasteiger partial charge in [0.1, 0.15) is 11.2 Å². The van der Waals surface area contributed by atoms with Crippen molar-refractivity contribution in [2.75, 3.05) is 5.32 Å². The Kier molecular flexibility index (Phi) is 4.56. The Morgan fingerprint density at radius 2 is 1.90 bits per heavy atom. The SMILES string of the molecule is Cc1ccn2cc(-c3ccc(C)c(NC(=O)c4ccccc4[N+](=O)[O-])c3)nc2c1. The van der Waals surface area contributed by atoms with Crippen molar-refractivity contribution in [3.8, 4) is 11.3 Å². The Balaban J connectivity index is 1.68. The molecule has 0 aliphatic carbocycles. The van der Waals surface area contributed by atoms with Crippen molar-refractivity contribution in [1.82, 2.24) is 9.38 Å². The Bertz CT molecular complexity index is 1260. The lowest BCUT2D eigenvalue weighted by molar-refractivity contribution is -0.385. The third kappa shape index (κ3) is 3.58. The quantitative estimate of drug-likeness (QED) is 0.404. The van der Waals surface area contributed by atoms with Gasteiger partial charge in [0.2, 0.25) is 0 Å². The van der Waals surface area contributed by atoms with E-state index in [4.69, 9.17) is 0 Å². The Hall–Kier alpha value is -4.00. The summed E-state index contributed by atoms with van der Waals surface area (Å²) in [5, 5.41) is 14.0. The highest BCUT2D eigenvalue weighted by atomic mass is 16.6. The van der Waals surface area contributed by atoms with Gasteiger partial charge >= 0.3 is 0 Å². The first-order valence-electron chi connectivity index (χ1n) is 9.03. The maximum atomic E-state index is 12.7. The molecule has 7 nitrogen and oxygen atoms in total. The molecule has 29 heavy (non-hydrogen) atoms. The number of carbonyl (C=O) groups excluding carboxylic acids is 1. The van der Waals surface area contributed by atoms with E-state index in [1.54, 1.807) is 6.07 Å². The monoisotopic (exact) mass is 386 g/mol. The fourth-order valence-electron chi connectivity index (χ4n) is 3.15. The third-order valence-electron chi connectivity index (χ3n) is 4.74. The molecule has 0 saturated carbocycles. The molecular formula is C22H18N4O3. The van der Waals surface area contributed by atoms with E-state index in [9.17, 15) is 14.9 Å². The number of benzene rings is 2. The van der Waals surface area contributed by atoms with Crippen LogP contribution in [-0.2, 0) is 0 Å². The van der Waals surface area contributed by atoms with Crippen molar-refractivity contribution in [3.63, 3.8) is 0 Å². The molecule has 0 aliphatic rings. The summed E-state index contributed by atoms with van der Waals surface area (Å²) in [4.78, 5) is 28.0. The van der Waals surface area contributed by atoms with Gasteiger partial charge in [0.15, 0.2) is 0 Å². The number of amides is 1. The van der Waals surface area contributed by atoms with E-state index < -0.39 is 10.8 Å². The minimum atomic E-state index is -0.559. The van der Waals surface area contributed by atoms with Crippen LogP contribution in [0.5, 0.6) is 0 Å². The summed E-state index contributed by atoms with van der Waals surface area (Å²) in [5.41, 5.74) is 4.80. The summed E-state index contributed by atoms with van der Waals surface area (Å²) >= 11 is 0. The number of hydrogen-bond donors (Lipinski definition) is 1. The maximum Gasteiger partial charge on any atom is 0.282 e. The van der Waals surface area contributed by atoms with Gasteiger partial charge in [0, 0.05) is 29.7 Å². The summed E-state index contributed by atoms with van der Waals surface area (Å²) in [5.74, 6) is -0.525. The largest absolute Gasteiger partial charge is 0.322 e.